The van der Waals surface area contributed by atoms with Gasteiger partial charge in [-0.1, -0.05) is 0 Å². The summed E-state index contributed by atoms with van der Waals surface area (Å²) < 4.78 is 23.7. The third kappa shape index (κ3) is 3.32. The summed E-state index contributed by atoms with van der Waals surface area (Å²) in [5.41, 5.74) is 7.81. The van der Waals surface area contributed by atoms with Crippen molar-refractivity contribution in [1.82, 2.24) is 0 Å². The van der Waals surface area contributed by atoms with Gasteiger partial charge >= 0.3 is 0 Å². The molecule has 0 aromatic heterocycles. The second kappa shape index (κ2) is 6.14. The Morgan fingerprint density at radius 2 is 2.00 bits per heavy atom. The van der Waals surface area contributed by atoms with Gasteiger partial charge in [0.25, 0.3) is 0 Å². The second-order valence-corrected chi connectivity index (χ2v) is 4.19. The summed E-state index contributed by atoms with van der Waals surface area (Å²) in [5.74, 6) is 0.747. The van der Waals surface area contributed by atoms with E-state index < -0.39 is 0 Å². The van der Waals surface area contributed by atoms with E-state index in [0.29, 0.717) is 29.5 Å². The van der Waals surface area contributed by atoms with Gasteiger partial charge in [0.05, 0.1) is 19.4 Å². The van der Waals surface area contributed by atoms with E-state index in [1.165, 1.54) is 19.2 Å². The van der Waals surface area contributed by atoms with Crippen molar-refractivity contribution in [2.45, 2.75) is 6.92 Å². The lowest BCUT2D eigenvalue weighted by molar-refractivity contribution is 0.340. The number of methoxy groups -OCH3 is 1. The Hall–Kier alpha value is -2.43. The molecule has 0 bridgehead atoms. The Morgan fingerprint density at radius 1 is 1.20 bits per heavy atom. The molecule has 0 aliphatic heterocycles. The third-order valence-corrected chi connectivity index (χ3v) is 2.68. The van der Waals surface area contributed by atoms with Crippen LogP contribution in [0.25, 0.3) is 0 Å². The predicted molar refractivity (Wildman–Crippen MR) is 78.3 cm³/mol. The minimum Gasteiger partial charge on any atom is -0.494 e. The summed E-state index contributed by atoms with van der Waals surface area (Å²) >= 11 is 0. The van der Waals surface area contributed by atoms with Gasteiger partial charge in [0.1, 0.15) is 17.3 Å². The molecule has 2 rings (SSSR count). The molecule has 0 aliphatic carbocycles. The first kappa shape index (κ1) is 14.0. The van der Waals surface area contributed by atoms with Crippen LogP contribution in [0, 0.1) is 5.82 Å². The van der Waals surface area contributed by atoms with Gasteiger partial charge in [-0.05, 0) is 25.1 Å². The standard InChI is InChI=1S/C15H17FN2O2/c1-3-20-13-8-11(17)7-12(9-13)18-14-5-4-10(16)6-15(14)19-2/h4-9,18H,3,17H2,1-2H3. The van der Waals surface area contributed by atoms with Crippen LogP contribution in [0.1, 0.15) is 6.92 Å². The SMILES string of the molecule is CCOc1cc(N)cc(Nc2ccc(F)cc2OC)c1. The number of nitrogens with two attached hydrogens (primary N) is 1. The van der Waals surface area contributed by atoms with Crippen LogP contribution in [0.15, 0.2) is 36.4 Å². The molecule has 5 heteroatoms. The molecule has 3 N–H and O–H groups in total. The van der Waals surface area contributed by atoms with Gasteiger partial charge in [-0.2, -0.15) is 0 Å². The molecule has 0 radical (unpaired) electrons. The lowest BCUT2D eigenvalue weighted by Gasteiger charge is -2.13. The Bertz CT molecular complexity index is 602. The molecule has 0 unspecified atom stereocenters. The zero-order valence-electron chi connectivity index (χ0n) is 11.4. The van der Waals surface area contributed by atoms with Crippen LogP contribution in [0.3, 0.4) is 0 Å². The third-order valence-electron chi connectivity index (χ3n) is 2.68. The highest BCUT2D eigenvalue weighted by molar-refractivity contribution is 5.70. The Labute approximate surface area is 117 Å². The van der Waals surface area contributed by atoms with Crippen molar-refractivity contribution in [2.24, 2.45) is 0 Å². The highest BCUT2D eigenvalue weighted by Gasteiger charge is 2.06. The zero-order chi connectivity index (χ0) is 14.5. The molecule has 106 valence electrons. The Morgan fingerprint density at radius 3 is 2.70 bits per heavy atom. The molecule has 0 saturated heterocycles. The van der Waals surface area contributed by atoms with Crippen LogP contribution in [-0.2, 0) is 0 Å². The highest BCUT2D eigenvalue weighted by Crippen LogP contribution is 2.31. The number of halogens is 1. The van der Waals surface area contributed by atoms with Crippen molar-refractivity contribution >= 4 is 17.1 Å². The van der Waals surface area contributed by atoms with E-state index in [-0.39, 0.29) is 5.82 Å². The zero-order valence-corrected chi connectivity index (χ0v) is 11.4. The van der Waals surface area contributed by atoms with Gasteiger partial charge in [-0.25, -0.2) is 4.39 Å². The van der Waals surface area contributed by atoms with Gasteiger partial charge in [0.15, 0.2) is 0 Å². The van der Waals surface area contributed by atoms with Crippen molar-refractivity contribution in [1.29, 1.82) is 0 Å². The smallest absolute Gasteiger partial charge is 0.145 e. The number of nitrogen functional groups attached to an aromatic ring is 1. The van der Waals surface area contributed by atoms with E-state index in [1.807, 2.05) is 13.0 Å². The molecular weight excluding hydrogens is 259 g/mol. The van der Waals surface area contributed by atoms with Crippen LogP contribution in [-0.4, -0.2) is 13.7 Å². The molecule has 0 heterocycles. The van der Waals surface area contributed by atoms with Gasteiger partial charge < -0.3 is 20.5 Å². The lowest BCUT2D eigenvalue weighted by atomic mass is 10.2. The fourth-order valence-corrected chi connectivity index (χ4v) is 1.87. The molecular formula is C15H17FN2O2. The van der Waals surface area contributed by atoms with E-state index in [4.69, 9.17) is 15.2 Å². The van der Waals surface area contributed by atoms with Crippen LogP contribution in [0.5, 0.6) is 11.5 Å². The molecule has 4 nitrogen and oxygen atoms in total. The first-order chi connectivity index (χ1) is 9.62. The summed E-state index contributed by atoms with van der Waals surface area (Å²) in [5, 5.41) is 3.14. The molecule has 0 saturated carbocycles. The Kier molecular flexibility index (Phi) is 4.30. The van der Waals surface area contributed by atoms with Crippen LogP contribution < -0.4 is 20.5 Å². The number of nitrogens with one attached hydrogen (secondary N) is 1. The fourth-order valence-electron chi connectivity index (χ4n) is 1.87. The fraction of sp³-hybridized carbons (Fsp3) is 0.200. The quantitative estimate of drug-likeness (QED) is 0.820. The number of benzene rings is 2. The maximum Gasteiger partial charge on any atom is 0.145 e. The molecule has 0 aliphatic rings. The number of hydrogen-bond acceptors (Lipinski definition) is 4. The van der Waals surface area contributed by atoms with Crippen LogP contribution in [0.4, 0.5) is 21.5 Å². The molecule has 2 aromatic carbocycles. The van der Waals surface area contributed by atoms with E-state index >= 15 is 0 Å². The molecule has 0 fully saturated rings. The first-order valence-corrected chi connectivity index (χ1v) is 6.26. The van der Waals surface area contributed by atoms with Crippen LogP contribution >= 0.6 is 0 Å². The summed E-state index contributed by atoms with van der Waals surface area (Å²) in [4.78, 5) is 0. The van der Waals surface area contributed by atoms with E-state index in [2.05, 4.69) is 5.32 Å². The van der Waals surface area contributed by atoms with Gasteiger partial charge in [0, 0.05) is 29.6 Å². The van der Waals surface area contributed by atoms with Gasteiger partial charge in [0.2, 0.25) is 0 Å². The Balaban J connectivity index is 2.29. The molecule has 0 atom stereocenters. The topological polar surface area (TPSA) is 56.5 Å². The lowest BCUT2D eigenvalue weighted by Crippen LogP contribution is -1.98. The van der Waals surface area contributed by atoms with Crippen molar-refractivity contribution in [2.75, 3.05) is 24.8 Å². The van der Waals surface area contributed by atoms with E-state index in [1.54, 1.807) is 18.2 Å². The minimum absolute atomic E-state index is 0.352. The van der Waals surface area contributed by atoms with Crippen molar-refractivity contribution in [3.05, 3.63) is 42.2 Å². The van der Waals surface area contributed by atoms with Crippen molar-refractivity contribution < 1.29 is 13.9 Å². The van der Waals surface area contributed by atoms with Crippen LogP contribution in [0.2, 0.25) is 0 Å². The summed E-state index contributed by atoms with van der Waals surface area (Å²) in [6.07, 6.45) is 0. The molecule has 2 aromatic rings. The molecule has 0 amide bonds. The number of rotatable bonds is 5. The summed E-state index contributed by atoms with van der Waals surface area (Å²) in [6, 6.07) is 9.63. The summed E-state index contributed by atoms with van der Waals surface area (Å²) in [7, 11) is 1.49. The maximum atomic E-state index is 13.2. The molecule has 20 heavy (non-hydrogen) atoms. The monoisotopic (exact) mass is 276 g/mol. The maximum absolute atomic E-state index is 13.2. The highest BCUT2D eigenvalue weighted by atomic mass is 19.1. The van der Waals surface area contributed by atoms with Crippen molar-refractivity contribution in [3.8, 4) is 11.5 Å². The number of hydrogen-bond donors (Lipinski definition) is 2. The van der Waals surface area contributed by atoms with Gasteiger partial charge in [-0.3, -0.25) is 0 Å². The van der Waals surface area contributed by atoms with Gasteiger partial charge in [-0.15, -0.1) is 0 Å². The number of anilines is 3. The average molecular weight is 276 g/mol. The first-order valence-electron chi connectivity index (χ1n) is 6.26. The largest absolute Gasteiger partial charge is 0.494 e. The van der Waals surface area contributed by atoms with E-state index in [0.717, 1.165) is 5.69 Å². The van der Waals surface area contributed by atoms with Crippen molar-refractivity contribution in [3.63, 3.8) is 0 Å². The predicted octanol–water partition coefficient (Wildman–Crippen LogP) is 3.56. The minimum atomic E-state index is -0.352. The normalized spacial score (nSPS) is 10.2. The summed E-state index contributed by atoms with van der Waals surface area (Å²) in [6.45, 7) is 2.46. The molecule has 0 spiro atoms. The second-order valence-electron chi connectivity index (χ2n) is 4.19. The average Bonchev–Trinajstić information content (AvgIpc) is 2.40. The number of ether oxygens (including phenoxy) is 2. The van der Waals surface area contributed by atoms with E-state index in [9.17, 15) is 4.39 Å².